The summed E-state index contributed by atoms with van der Waals surface area (Å²) < 4.78 is 9.75. The molecule has 0 bridgehead atoms. The molecule has 8 heteroatoms. The molecular formula is C18H25N5O2S. The molecule has 1 saturated heterocycles. The first-order valence-electron chi connectivity index (χ1n) is 9.11. The zero-order valence-corrected chi connectivity index (χ0v) is 16.1. The van der Waals surface area contributed by atoms with Gasteiger partial charge in [0.1, 0.15) is 0 Å². The van der Waals surface area contributed by atoms with Crippen LogP contribution in [-0.2, 0) is 22.7 Å². The lowest BCUT2D eigenvalue weighted by Gasteiger charge is -2.31. The van der Waals surface area contributed by atoms with Crippen LogP contribution in [0.1, 0.15) is 26.7 Å². The van der Waals surface area contributed by atoms with E-state index in [1.807, 2.05) is 28.3 Å². The molecule has 0 radical (unpaired) electrons. The number of esters is 1. The van der Waals surface area contributed by atoms with Crippen molar-refractivity contribution in [1.82, 2.24) is 24.2 Å². The Balaban J connectivity index is 1.79. The van der Waals surface area contributed by atoms with Gasteiger partial charge in [0.2, 0.25) is 0 Å². The molecule has 7 nitrogen and oxygen atoms in total. The monoisotopic (exact) mass is 375 g/mol. The van der Waals surface area contributed by atoms with Crippen molar-refractivity contribution in [2.45, 2.75) is 39.9 Å². The maximum absolute atomic E-state index is 12.1. The summed E-state index contributed by atoms with van der Waals surface area (Å²) in [5, 5.41) is 4.74. The van der Waals surface area contributed by atoms with Crippen molar-refractivity contribution in [3.8, 4) is 11.4 Å². The summed E-state index contributed by atoms with van der Waals surface area (Å²) in [6.45, 7) is 7.28. The molecule has 2 aromatic rings. The number of rotatable bonds is 6. The Kier molecular flexibility index (Phi) is 6.16. The number of hydrogen-bond acceptors (Lipinski definition) is 6. The summed E-state index contributed by atoms with van der Waals surface area (Å²) >= 11 is 5.63. The molecule has 1 aliphatic rings. The van der Waals surface area contributed by atoms with Gasteiger partial charge in [0.05, 0.1) is 19.2 Å². The number of piperidine rings is 1. The number of aromatic nitrogens is 4. The van der Waals surface area contributed by atoms with Crippen LogP contribution < -0.4 is 0 Å². The van der Waals surface area contributed by atoms with Crippen LogP contribution in [0.5, 0.6) is 0 Å². The van der Waals surface area contributed by atoms with Crippen molar-refractivity contribution in [2.24, 2.45) is 5.92 Å². The Morgan fingerprint density at radius 3 is 2.81 bits per heavy atom. The summed E-state index contributed by atoms with van der Waals surface area (Å²) in [4.78, 5) is 18.3. The van der Waals surface area contributed by atoms with E-state index in [0.717, 1.165) is 37.3 Å². The number of hydrogen-bond donors (Lipinski definition) is 0. The Labute approximate surface area is 158 Å². The number of likely N-dealkylation sites (tertiary alicyclic amines) is 1. The fourth-order valence-corrected chi connectivity index (χ4v) is 3.67. The van der Waals surface area contributed by atoms with Crippen LogP contribution in [0.4, 0.5) is 0 Å². The molecule has 140 valence electrons. The molecule has 0 N–H and O–H groups in total. The summed E-state index contributed by atoms with van der Waals surface area (Å²) in [6, 6.07) is 3.87. The zero-order valence-electron chi connectivity index (χ0n) is 15.3. The Morgan fingerprint density at radius 1 is 1.35 bits per heavy atom. The molecular weight excluding hydrogens is 350 g/mol. The summed E-state index contributed by atoms with van der Waals surface area (Å²) in [5.41, 5.74) is 0.995. The van der Waals surface area contributed by atoms with E-state index in [1.54, 1.807) is 12.4 Å². The van der Waals surface area contributed by atoms with E-state index >= 15 is 0 Å². The summed E-state index contributed by atoms with van der Waals surface area (Å²) in [5.74, 6) is 0.682. The van der Waals surface area contributed by atoms with Gasteiger partial charge in [-0.1, -0.05) is 0 Å². The van der Waals surface area contributed by atoms with Gasteiger partial charge in [-0.15, -0.1) is 0 Å². The highest BCUT2D eigenvalue weighted by molar-refractivity contribution is 7.71. The molecule has 1 fully saturated rings. The minimum absolute atomic E-state index is 0.0641. The predicted octanol–water partition coefficient (Wildman–Crippen LogP) is 2.73. The highest BCUT2D eigenvalue weighted by Crippen LogP contribution is 2.21. The van der Waals surface area contributed by atoms with E-state index < -0.39 is 0 Å². The first-order chi connectivity index (χ1) is 12.6. The Bertz CT molecular complexity index is 802. The second-order valence-electron chi connectivity index (χ2n) is 6.40. The van der Waals surface area contributed by atoms with Crippen LogP contribution in [0.25, 0.3) is 11.4 Å². The number of carbonyl (C=O) groups excluding carboxylic acids is 1. The minimum atomic E-state index is -0.0997. The Hall–Kier alpha value is -2.06. The van der Waals surface area contributed by atoms with Crippen molar-refractivity contribution in [3.63, 3.8) is 0 Å². The quantitative estimate of drug-likeness (QED) is 0.571. The van der Waals surface area contributed by atoms with Crippen molar-refractivity contribution >= 4 is 18.2 Å². The van der Waals surface area contributed by atoms with Gasteiger partial charge in [0.25, 0.3) is 0 Å². The average molecular weight is 375 g/mol. The highest BCUT2D eigenvalue weighted by atomic mass is 32.1. The number of pyridine rings is 1. The summed E-state index contributed by atoms with van der Waals surface area (Å²) in [6.07, 6.45) is 5.37. The fraction of sp³-hybridized carbons (Fsp3) is 0.556. The normalized spacial score (nSPS) is 18.0. The lowest BCUT2D eigenvalue weighted by atomic mass is 9.99. The molecule has 26 heavy (non-hydrogen) atoms. The molecule has 0 aliphatic carbocycles. The van der Waals surface area contributed by atoms with Crippen molar-refractivity contribution in [1.29, 1.82) is 0 Å². The van der Waals surface area contributed by atoms with Crippen molar-refractivity contribution in [2.75, 3.05) is 19.7 Å². The van der Waals surface area contributed by atoms with E-state index in [0.29, 0.717) is 24.6 Å². The maximum Gasteiger partial charge on any atom is 0.310 e. The standard InChI is InChI=1S/C18H25N5O2S/c1-3-22-16(14-7-9-19-10-8-14)20-23(18(22)26)13-21-11-5-6-15(12-21)17(24)25-4-2/h7-10,15H,3-6,11-13H2,1-2H3/t15-/m0/s1. The van der Waals surface area contributed by atoms with E-state index in [9.17, 15) is 4.79 Å². The molecule has 0 unspecified atom stereocenters. The highest BCUT2D eigenvalue weighted by Gasteiger charge is 2.27. The number of nitrogens with zero attached hydrogens (tertiary/aromatic N) is 5. The predicted molar refractivity (Wildman–Crippen MR) is 101 cm³/mol. The molecule has 1 aliphatic heterocycles. The second kappa shape index (κ2) is 8.55. The molecule has 0 aromatic carbocycles. The number of carbonyl (C=O) groups is 1. The van der Waals surface area contributed by atoms with Gasteiger partial charge in [-0.3, -0.25) is 14.7 Å². The van der Waals surface area contributed by atoms with Crippen LogP contribution in [-0.4, -0.2) is 49.9 Å². The van der Waals surface area contributed by atoms with Crippen LogP contribution in [0.15, 0.2) is 24.5 Å². The van der Waals surface area contributed by atoms with E-state index in [-0.39, 0.29) is 11.9 Å². The van der Waals surface area contributed by atoms with Gasteiger partial charge in [0, 0.05) is 31.0 Å². The average Bonchev–Trinajstić information content (AvgIpc) is 2.98. The van der Waals surface area contributed by atoms with E-state index in [2.05, 4.69) is 16.8 Å². The van der Waals surface area contributed by atoms with Crippen molar-refractivity contribution in [3.05, 3.63) is 29.3 Å². The summed E-state index contributed by atoms with van der Waals surface area (Å²) in [7, 11) is 0. The second-order valence-corrected chi connectivity index (χ2v) is 6.76. The molecule has 2 aromatic heterocycles. The van der Waals surface area contributed by atoms with Gasteiger partial charge >= 0.3 is 5.97 Å². The topological polar surface area (TPSA) is 65.2 Å². The number of ether oxygens (including phenoxy) is 1. The van der Waals surface area contributed by atoms with Crippen LogP contribution in [0.3, 0.4) is 0 Å². The zero-order chi connectivity index (χ0) is 18.5. The third kappa shape index (κ3) is 4.02. The molecule has 0 amide bonds. The van der Waals surface area contributed by atoms with Crippen LogP contribution in [0, 0.1) is 10.7 Å². The molecule has 3 heterocycles. The van der Waals surface area contributed by atoms with Gasteiger partial charge in [0.15, 0.2) is 10.6 Å². The van der Waals surface area contributed by atoms with Crippen molar-refractivity contribution < 1.29 is 9.53 Å². The third-order valence-electron chi connectivity index (χ3n) is 4.64. The van der Waals surface area contributed by atoms with Gasteiger partial charge < -0.3 is 9.30 Å². The smallest absolute Gasteiger partial charge is 0.310 e. The molecule has 0 spiro atoms. The Morgan fingerprint density at radius 2 is 2.12 bits per heavy atom. The maximum atomic E-state index is 12.1. The third-order valence-corrected chi connectivity index (χ3v) is 5.07. The van der Waals surface area contributed by atoms with E-state index in [1.165, 1.54) is 0 Å². The SMILES string of the molecule is CCOC(=O)[C@H]1CCCN(Cn2nc(-c3ccncc3)n(CC)c2=S)C1. The van der Waals surface area contributed by atoms with Gasteiger partial charge in [-0.25, -0.2) is 4.68 Å². The molecule has 1 atom stereocenters. The molecule has 3 rings (SSSR count). The largest absolute Gasteiger partial charge is 0.466 e. The van der Waals surface area contributed by atoms with Crippen LogP contribution in [0.2, 0.25) is 0 Å². The van der Waals surface area contributed by atoms with Gasteiger partial charge in [-0.2, -0.15) is 5.10 Å². The van der Waals surface area contributed by atoms with E-state index in [4.69, 9.17) is 22.1 Å². The first-order valence-corrected chi connectivity index (χ1v) is 9.51. The van der Waals surface area contributed by atoms with Crippen LogP contribution >= 0.6 is 12.2 Å². The molecule has 0 saturated carbocycles. The fourth-order valence-electron chi connectivity index (χ4n) is 3.36. The lowest BCUT2D eigenvalue weighted by Crippen LogP contribution is -2.40. The first kappa shape index (κ1) is 18.7. The minimum Gasteiger partial charge on any atom is -0.466 e. The van der Waals surface area contributed by atoms with Gasteiger partial charge in [-0.05, 0) is 57.6 Å². The lowest BCUT2D eigenvalue weighted by molar-refractivity contribution is -0.150.